The number of carboxylic acid groups (broad SMARTS) is 1. The lowest BCUT2D eigenvalue weighted by Crippen LogP contribution is -2.45. The van der Waals surface area contributed by atoms with E-state index in [0.717, 1.165) is 24.9 Å². The van der Waals surface area contributed by atoms with E-state index in [2.05, 4.69) is 6.07 Å². The summed E-state index contributed by atoms with van der Waals surface area (Å²) < 4.78 is 0. The molecule has 0 saturated carbocycles. The molecule has 2 rings (SSSR count). The Bertz CT molecular complexity index is 419. The van der Waals surface area contributed by atoms with Crippen molar-refractivity contribution in [2.75, 3.05) is 13.2 Å². The van der Waals surface area contributed by atoms with E-state index in [4.69, 9.17) is 5.11 Å². The smallest absolute Gasteiger partial charge is 0.321 e. The van der Waals surface area contributed by atoms with Crippen LogP contribution in [0, 0.1) is 0 Å². The van der Waals surface area contributed by atoms with Crippen LogP contribution in [0.1, 0.15) is 24.0 Å². The average molecular weight is 249 g/mol. The van der Waals surface area contributed by atoms with Gasteiger partial charge in [-0.05, 0) is 36.9 Å². The van der Waals surface area contributed by atoms with Crippen molar-refractivity contribution in [2.45, 2.75) is 31.8 Å². The molecule has 0 bridgehead atoms. The van der Waals surface area contributed by atoms with Gasteiger partial charge in [-0.15, -0.1) is 0 Å². The highest BCUT2D eigenvalue weighted by molar-refractivity contribution is 5.74. The number of aliphatic hydroxyl groups is 1. The lowest BCUT2D eigenvalue weighted by molar-refractivity contribution is -0.144. The van der Waals surface area contributed by atoms with Crippen molar-refractivity contribution in [3.8, 4) is 0 Å². The van der Waals surface area contributed by atoms with Crippen molar-refractivity contribution in [2.24, 2.45) is 0 Å². The van der Waals surface area contributed by atoms with E-state index in [1.807, 2.05) is 23.1 Å². The zero-order valence-electron chi connectivity index (χ0n) is 10.4. The number of fused-ring (bicyclic) bond motifs is 1. The summed E-state index contributed by atoms with van der Waals surface area (Å²) in [5.74, 6) is -0.756. The van der Waals surface area contributed by atoms with E-state index in [0.29, 0.717) is 13.0 Å². The van der Waals surface area contributed by atoms with Gasteiger partial charge >= 0.3 is 5.97 Å². The van der Waals surface area contributed by atoms with Crippen LogP contribution >= 0.6 is 0 Å². The van der Waals surface area contributed by atoms with Gasteiger partial charge in [-0.3, -0.25) is 9.69 Å². The van der Waals surface area contributed by atoms with Gasteiger partial charge in [0.25, 0.3) is 0 Å². The quantitative estimate of drug-likeness (QED) is 0.771. The fourth-order valence-corrected chi connectivity index (χ4v) is 2.48. The third-order valence-corrected chi connectivity index (χ3v) is 3.48. The number of carbonyl (C=O) groups is 1. The molecule has 4 nitrogen and oxygen atoms in total. The molecule has 2 N–H and O–H groups in total. The molecule has 1 heterocycles. The molecular formula is C14H19NO3. The average Bonchev–Trinajstić information content (AvgIpc) is 2.38. The summed E-state index contributed by atoms with van der Waals surface area (Å²) in [4.78, 5) is 13.3. The zero-order valence-corrected chi connectivity index (χ0v) is 10.4. The van der Waals surface area contributed by atoms with Gasteiger partial charge in [0.1, 0.15) is 6.04 Å². The lowest BCUT2D eigenvalue weighted by Gasteiger charge is -2.34. The van der Waals surface area contributed by atoms with Gasteiger partial charge in [0, 0.05) is 13.2 Å². The van der Waals surface area contributed by atoms with Crippen LogP contribution in [0.25, 0.3) is 0 Å². The maximum atomic E-state index is 11.3. The van der Waals surface area contributed by atoms with Gasteiger partial charge in [-0.25, -0.2) is 0 Å². The van der Waals surface area contributed by atoms with Crippen LogP contribution in [-0.2, 0) is 17.8 Å². The molecule has 0 aliphatic carbocycles. The van der Waals surface area contributed by atoms with E-state index < -0.39 is 12.0 Å². The molecule has 0 aromatic heterocycles. The fourth-order valence-electron chi connectivity index (χ4n) is 2.48. The highest BCUT2D eigenvalue weighted by Crippen LogP contribution is 2.23. The molecule has 0 spiro atoms. The molecule has 1 aliphatic heterocycles. The van der Waals surface area contributed by atoms with E-state index in [1.165, 1.54) is 5.56 Å². The maximum absolute atomic E-state index is 11.3. The Morgan fingerprint density at radius 3 is 2.67 bits per heavy atom. The van der Waals surface area contributed by atoms with Gasteiger partial charge in [0.05, 0.1) is 0 Å². The number of aliphatic carboxylic acids is 1. The molecule has 1 unspecified atom stereocenters. The topological polar surface area (TPSA) is 60.8 Å². The summed E-state index contributed by atoms with van der Waals surface area (Å²) in [5.41, 5.74) is 2.36. The lowest BCUT2D eigenvalue weighted by atomic mass is 9.94. The molecule has 0 radical (unpaired) electrons. The highest BCUT2D eigenvalue weighted by Gasteiger charge is 2.30. The summed E-state index contributed by atoms with van der Waals surface area (Å²) in [6.45, 7) is 1.59. The SMILES string of the molecule is O=C(O)C1Cc2ccccc2CN1CCCCO. The molecule has 18 heavy (non-hydrogen) atoms. The van der Waals surface area contributed by atoms with Crippen molar-refractivity contribution in [1.82, 2.24) is 4.90 Å². The first-order chi connectivity index (χ1) is 8.72. The fraction of sp³-hybridized carbons (Fsp3) is 0.500. The predicted molar refractivity (Wildman–Crippen MR) is 68.3 cm³/mol. The van der Waals surface area contributed by atoms with E-state index in [9.17, 15) is 9.90 Å². The Labute approximate surface area is 107 Å². The number of aliphatic hydroxyl groups excluding tert-OH is 1. The number of nitrogens with zero attached hydrogens (tertiary/aromatic N) is 1. The minimum Gasteiger partial charge on any atom is -0.480 e. The number of unbranched alkanes of at least 4 members (excludes halogenated alkanes) is 1. The van der Waals surface area contributed by atoms with Gasteiger partial charge in [-0.1, -0.05) is 24.3 Å². The van der Waals surface area contributed by atoms with E-state index >= 15 is 0 Å². The standard InChI is InChI=1S/C14H19NO3/c16-8-4-3-7-15-10-12-6-2-1-5-11(12)9-13(15)14(17)18/h1-2,5-6,13,16H,3-4,7-10H2,(H,17,18). The first-order valence-electron chi connectivity index (χ1n) is 6.37. The molecule has 1 atom stereocenters. The number of hydrogen-bond donors (Lipinski definition) is 2. The maximum Gasteiger partial charge on any atom is 0.321 e. The molecule has 0 fully saturated rings. The first-order valence-corrected chi connectivity index (χ1v) is 6.37. The second-order valence-corrected chi connectivity index (χ2v) is 4.73. The molecule has 1 aromatic carbocycles. The van der Waals surface area contributed by atoms with Crippen molar-refractivity contribution >= 4 is 5.97 Å². The molecule has 4 heteroatoms. The van der Waals surface area contributed by atoms with E-state index in [1.54, 1.807) is 0 Å². The van der Waals surface area contributed by atoms with Crippen LogP contribution in [0.4, 0.5) is 0 Å². The third-order valence-electron chi connectivity index (χ3n) is 3.48. The van der Waals surface area contributed by atoms with Crippen LogP contribution in [-0.4, -0.2) is 40.3 Å². The zero-order chi connectivity index (χ0) is 13.0. The Kier molecular flexibility index (Phi) is 4.33. The summed E-state index contributed by atoms with van der Waals surface area (Å²) in [6, 6.07) is 7.59. The Hall–Kier alpha value is -1.39. The molecular weight excluding hydrogens is 230 g/mol. The van der Waals surface area contributed by atoms with Crippen molar-refractivity contribution < 1.29 is 15.0 Å². The van der Waals surface area contributed by atoms with Crippen LogP contribution in [0.15, 0.2) is 24.3 Å². The molecule has 98 valence electrons. The molecule has 0 amide bonds. The summed E-state index contributed by atoms with van der Waals surface area (Å²) >= 11 is 0. The minimum atomic E-state index is -0.756. The second-order valence-electron chi connectivity index (χ2n) is 4.73. The monoisotopic (exact) mass is 249 g/mol. The largest absolute Gasteiger partial charge is 0.480 e. The van der Waals surface area contributed by atoms with Gasteiger partial charge in [-0.2, -0.15) is 0 Å². The predicted octanol–water partition coefficient (Wildman–Crippen LogP) is 1.27. The molecule has 1 aliphatic rings. The summed E-state index contributed by atoms with van der Waals surface area (Å²) in [6.07, 6.45) is 2.14. The molecule has 0 saturated heterocycles. The third kappa shape index (κ3) is 2.89. The van der Waals surface area contributed by atoms with Crippen LogP contribution in [0.5, 0.6) is 0 Å². The van der Waals surface area contributed by atoms with Crippen LogP contribution in [0.2, 0.25) is 0 Å². The van der Waals surface area contributed by atoms with E-state index in [-0.39, 0.29) is 6.61 Å². The first kappa shape index (κ1) is 13.1. The van der Waals surface area contributed by atoms with Gasteiger partial charge < -0.3 is 10.2 Å². The molecule has 1 aromatic rings. The number of rotatable bonds is 5. The van der Waals surface area contributed by atoms with Crippen molar-refractivity contribution in [3.63, 3.8) is 0 Å². The number of benzene rings is 1. The van der Waals surface area contributed by atoms with Gasteiger partial charge in [0.15, 0.2) is 0 Å². The van der Waals surface area contributed by atoms with Gasteiger partial charge in [0.2, 0.25) is 0 Å². The van der Waals surface area contributed by atoms with Crippen molar-refractivity contribution in [1.29, 1.82) is 0 Å². The van der Waals surface area contributed by atoms with Crippen molar-refractivity contribution in [3.05, 3.63) is 35.4 Å². The Balaban J connectivity index is 2.10. The van der Waals surface area contributed by atoms with Crippen LogP contribution in [0.3, 0.4) is 0 Å². The Morgan fingerprint density at radius 1 is 1.28 bits per heavy atom. The number of carboxylic acids is 1. The second kappa shape index (κ2) is 5.98. The highest BCUT2D eigenvalue weighted by atomic mass is 16.4. The minimum absolute atomic E-state index is 0.169. The normalized spacial score (nSPS) is 19.5. The Morgan fingerprint density at radius 2 is 2.00 bits per heavy atom. The van der Waals surface area contributed by atoms with Crippen LogP contribution < -0.4 is 0 Å². The number of hydrogen-bond acceptors (Lipinski definition) is 3. The summed E-state index contributed by atoms with van der Waals surface area (Å²) in [7, 11) is 0. The summed E-state index contributed by atoms with van der Waals surface area (Å²) in [5, 5.41) is 18.1.